The lowest BCUT2D eigenvalue weighted by Gasteiger charge is -2.29. The van der Waals surface area contributed by atoms with Crippen molar-refractivity contribution < 1.29 is 0 Å². The van der Waals surface area contributed by atoms with Crippen molar-refractivity contribution in [1.82, 2.24) is 20.5 Å². The number of likely N-dealkylation sites (tertiary alicyclic amines) is 1. The van der Waals surface area contributed by atoms with Crippen molar-refractivity contribution in [2.75, 3.05) is 33.2 Å². The second-order valence-corrected chi connectivity index (χ2v) is 8.30. The number of thiazole rings is 1. The van der Waals surface area contributed by atoms with Gasteiger partial charge in [0.05, 0.1) is 16.7 Å². The summed E-state index contributed by atoms with van der Waals surface area (Å²) in [5.74, 6) is 0.827. The predicted octanol–water partition coefficient (Wildman–Crippen LogP) is 4.27. The van der Waals surface area contributed by atoms with Gasteiger partial charge in [0.25, 0.3) is 0 Å². The summed E-state index contributed by atoms with van der Waals surface area (Å²) in [5.41, 5.74) is 2.39. The Morgan fingerprint density at radius 1 is 1.32 bits per heavy atom. The number of benzene rings is 1. The fraction of sp³-hybridized carbons (Fsp3) is 0.500. The monoisotopic (exact) mass is 533 g/mol. The topological polar surface area (TPSA) is 52.6 Å². The first kappa shape index (κ1) is 23.4. The molecule has 5 nitrogen and oxygen atoms in total. The third kappa shape index (κ3) is 6.86. The zero-order valence-corrected chi connectivity index (χ0v) is 20.4. The first-order valence-electron chi connectivity index (χ1n) is 9.51. The van der Waals surface area contributed by atoms with E-state index in [1.807, 2.05) is 26.1 Å². The molecular weight excluding hydrogens is 505 g/mol. The molecule has 3 rings (SSSR count). The highest BCUT2D eigenvalue weighted by molar-refractivity contribution is 14.0. The van der Waals surface area contributed by atoms with E-state index < -0.39 is 0 Å². The maximum atomic E-state index is 6.23. The van der Waals surface area contributed by atoms with Gasteiger partial charge in [0.15, 0.2) is 5.96 Å². The Balaban J connectivity index is 0.00000280. The van der Waals surface area contributed by atoms with Gasteiger partial charge in [-0.15, -0.1) is 35.3 Å². The summed E-state index contributed by atoms with van der Waals surface area (Å²) in [6, 6.07) is 8.50. The molecule has 1 aromatic heterocycles. The molecule has 1 fully saturated rings. The minimum absolute atomic E-state index is 0. The van der Waals surface area contributed by atoms with Crippen molar-refractivity contribution in [3.63, 3.8) is 0 Å². The number of nitrogens with one attached hydrogen (secondary N) is 2. The third-order valence-electron chi connectivity index (χ3n) is 4.84. The molecule has 0 bridgehead atoms. The highest BCUT2D eigenvalue weighted by atomic mass is 127. The van der Waals surface area contributed by atoms with Gasteiger partial charge in [-0.1, -0.05) is 23.7 Å². The van der Waals surface area contributed by atoms with Gasteiger partial charge in [-0.05, 0) is 50.6 Å². The van der Waals surface area contributed by atoms with E-state index in [9.17, 15) is 0 Å². The van der Waals surface area contributed by atoms with Crippen molar-refractivity contribution in [3.8, 4) is 0 Å². The molecule has 0 amide bonds. The van der Waals surface area contributed by atoms with Crippen LogP contribution in [0.5, 0.6) is 0 Å². The summed E-state index contributed by atoms with van der Waals surface area (Å²) in [6.45, 7) is 5.92. The number of hydrogen-bond donors (Lipinski definition) is 2. The summed E-state index contributed by atoms with van der Waals surface area (Å²) < 4.78 is 0. The lowest BCUT2D eigenvalue weighted by molar-refractivity contribution is 0.245. The second kappa shape index (κ2) is 11.9. The van der Waals surface area contributed by atoms with E-state index in [4.69, 9.17) is 11.6 Å². The number of nitrogens with zero attached hydrogens (tertiary/aromatic N) is 3. The van der Waals surface area contributed by atoms with Gasteiger partial charge < -0.3 is 10.6 Å². The minimum atomic E-state index is 0. The van der Waals surface area contributed by atoms with Gasteiger partial charge in [-0.2, -0.15) is 0 Å². The Hall–Kier alpha value is -0.900. The third-order valence-corrected chi connectivity index (χ3v) is 5.90. The van der Waals surface area contributed by atoms with Crippen molar-refractivity contribution in [2.45, 2.75) is 32.2 Å². The second-order valence-electron chi connectivity index (χ2n) is 6.80. The van der Waals surface area contributed by atoms with Crippen LogP contribution in [0.25, 0.3) is 0 Å². The Morgan fingerprint density at radius 3 is 2.75 bits per heavy atom. The van der Waals surface area contributed by atoms with Crippen LogP contribution in [0, 0.1) is 6.92 Å². The van der Waals surface area contributed by atoms with Gasteiger partial charge in [0, 0.05) is 37.0 Å². The summed E-state index contributed by atoms with van der Waals surface area (Å²) >= 11 is 7.93. The lowest BCUT2D eigenvalue weighted by Crippen LogP contribution is -2.43. The number of aliphatic imine (C=N–C) groups is 1. The fourth-order valence-electron chi connectivity index (χ4n) is 3.47. The Labute approximate surface area is 194 Å². The summed E-state index contributed by atoms with van der Waals surface area (Å²) in [4.78, 5) is 11.4. The Bertz CT molecular complexity index is 761. The first-order valence-corrected chi connectivity index (χ1v) is 10.8. The van der Waals surface area contributed by atoms with E-state index in [0.717, 1.165) is 54.3 Å². The fourth-order valence-corrected chi connectivity index (χ4v) is 4.32. The van der Waals surface area contributed by atoms with Crippen LogP contribution in [0.15, 0.2) is 34.6 Å². The normalized spacial score (nSPS) is 15.9. The zero-order chi connectivity index (χ0) is 19.1. The molecule has 1 atom stereocenters. The number of hydrogen-bond acceptors (Lipinski definition) is 4. The molecule has 8 heteroatoms. The minimum Gasteiger partial charge on any atom is -0.356 e. The number of rotatable bonds is 7. The first-order chi connectivity index (χ1) is 13.2. The van der Waals surface area contributed by atoms with E-state index >= 15 is 0 Å². The van der Waals surface area contributed by atoms with Crippen LogP contribution < -0.4 is 10.6 Å². The predicted molar refractivity (Wildman–Crippen MR) is 130 cm³/mol. The molecule has 0 saturated carbocycles. The van der Waals surface area contributed by atoms with Crippen molar-refractivity contribution in [2.24, 2.45) is 4.99 Å². The molecule has 28 heavy (non-hydrogen) atoms. The highest BCUT2D eigenvalue weighted by Gasteiger charge is 2.23. The molecule has 1 aromatic carbocycles. The number of aromatic nitrogens is 1. The molecule has 0 radical (unpaired) electrons. The molecule has 0 spiro atoms. The van der Waals surface area contributed by atoms with E-state index in [0.29, 0.717) is 6.04 Å². The number of aryl methyl sites for hydroxylation is 1. The molecule has 2 N–H and O–H groups in total. The Kier molecular flexibility index (Phi) is 9.98. The van der Waals surface area contributed by atoms with E-state index in [1.165, 1.54) is 18.4 Å². The van der Waals surface area contributed by atoms with Gasteiger partial charge >= 0.3 is 0 Å². The number of guanidine groups is 1. The smallest absolute Gasteiger partial charge is 0.191 e. The van der Waals surface area contributed by atoms with Crippen molar-refractivity contribution in [3.05, 3.63) is 50.9 Å². The van der Waals surface area contributed by atoms with E-state index in [2.05, 4.69) is 43.0 Å². The summed E-state index contributed by atoms with van der Waals surface area (Å²) in [5, 5.41) is 10.9. The average Bonchev–Trinajstić information content (AvgIpc) is 3.32. The molecule has 2 heterocycles. The van der Waals surface area contributed by atoms with Gasteiger partial charge in [-0.3, -0.25) is 9.89 Å². The van der Waals surface area contributed by atoms with Crippen molar-refractivity contribution in [1.29, 1.82) is 0 Å². The SMILES string of the molecule is CN=C(NCCc1csc(C)n1)NCC(c1cccc(Cl)c1)N1CCCC1.I. The van der Waals surface area contributed by atoms with Crippen LogP contribution in [0.2, 0.25) is 5.02 Å². The molecule has 1 unspecified atom stereocenters. The molecule has 2 aromatic rings. The number of halogens is 2. The molecule has 1 aliphatic heterocycles. The molecule has 154 valence electrons. The van der Waals surface area contributed by atoms with E-state index in [1.54, 1.807) is 11.3 Å². The van der Waals surface area contributed by atoms with Crippen LogP contribution in [-0.4, -0.2) is 49.1 Å². The largest absolute Gasteiger partial charge is 0.356 e. The zero-order valence-electron chi connectivity index (χ0n) is 16.4. The molecular formula is C20H29ClIN5S. The maximum Gasteiger partial charge on any atom is 0.191 e. The van der Waals surface area contributed by atoms with Crippen LogP contribution >= 0.6 is 46.9 Å². The molecule has 1 aliphatic rings. The van der Waals surface area contributed by atoms with Gasteiger partial charge in [-0.25, -0.2) is 4.98 Å². The van der Waals surface area contributed by atoms with Crippen LogP contribution in [0.4, 0.5) is 0 Å². The summed E-state index contributed by atoms with van der Waals surface area (Å²) in [7, 11) is 1.81. The standard InChI is InChI=1S/C20H28ClN5S.HI/c1-15-25-18(14-27-15)8-9-23-20(22-2)24-13-19(26-10-3-4-11-26)16-6-5-7-17(21)12-16;/h5-7,12,14,19H,3-4,8-11,13H2,1-2H3,(H2,22,23,24);1H. The quantitative estimate of drug-likeness (QED) is 0.317. The summed E-state index contributed by atoms with van der Waals surface area (Å²) in [6.07, 6.45) is 3.42. The molecule has 1 saturated heterocycles. The van der Waals surface area contributed by atoms with Gasteiger partial charge in [0.1, 0.15) is 0 Å². The van der Waals surface area contributed by atoms with E-state index in [-0.39, 0.29) is 24.0 Å². The maximum absolute atomic E-state index is 6.23. The van der Waals surface area contributed by atoms with Crippen LogP contribution in [-0.2, 0) is 6.42 Å². The Morgan fingerprint density at radius 2 is 2.11 bits per heavy atom. The molecule has 0 aliphatic carbocycles. The lowest BCUT2D eigenvalue weighted by atomic mass is 10.1. The highest BCUT2D eigenvalue weighted by Crippen LogP contribution is 2.26. The van der Waals surface area contributed by atoms with Crippen molar-refractivity contribution >= 4 is 52.9 Å². The van der Waals surface area contributed by atoms with Crippen LogP contribution in [0.1, 0.15) is 35.1 Å². The van der Waals surface area contributed by atoms with Gasteiger partial charge in [0.2, 0.25) is 0 Å². The average molecular weight is 534 g/mol. The van der Waals surface area contributed by atoms with Crippen LogP contribution in [0.3, 0.4) is 0 Å².